The van der Waals surface area contributed by atoms with Gasteiger partial charge in [0.2, 0.25) is 5.91 Å². The molecule has 1 atom stereocenters. The average molecular weight is 413 g/mol. The quantitative estimate of drug-likeness (QED) is 0.784. The molecule has 1 aliphatic rings. The Morgan fingerprint density at radius 2 is 1.73 bits per heavy atom. The van der Waals surface area contributed by atoms with E-state index in [0.29, 0.717) is 17.0 Å². The molecule has 1 unspecified atom stereocenters. The van der Waals surface area contributed by atoms with Gasteiger partial charge in [0.1, 0.15) is 17.6 Å². The molecule has 1 saturated heterocycles. The van der Waals surface area contributed by atoms with Crippen LogP contribution < -0.4 is 10.1 Å². The number of amides is 2. The lowest BCUT2D eigenvalue weighted by Gasteiger charge is -2.34. The summed E-state index contributed by atoms with van der Waals surface area (Å²) in [5.74, 6) is -0.317. The first-order chi connectivity index (χ1) is 14.4. The van der Waals surface area contributed by atoms with Gasteiger partial charge in [0, 0.05) is 19.8 Å². The van der Waals surface area contributed by atoms with Gasteiger partial charge in [-0.2, -0.15) is 0 Å². The second kappa shape index (κ2) is 9.71. The summed E-state index contributed by atoms with van der Waals surface area (Å²) in [6, 6.07) is 10.5. The summed E-state index contributed by atoms with van der Waals surface area (Å²) in [5, 5.41) is 2.94. The summed E-state index contributed by atoms with van der Waals surface area (Å²) < 4.78 is 18.7. The van der Waals surface area contributed by atoms with E-state index < -0.39 is 6.04 Å². The van der Waals surface area contributed by atoms with E-state index in [1.54, 1.807) is 44.4 Å². The van der Waals surface area contributed by atoms with Crippen LogP contribution in [-0.2, 0) is 4.79 Å². The molecule has 0 radical (unpaired) electrons. The summed E-state index contributed by atoms with van der Waals surface area (Å²) in [4.78, 5) is 29.4. The summed E-state index contributed by atoms with van der Waals surface area (Å²) in [5.41, 5.74) is 1.63. The normalized spacial score (nSPS) is 15.3. The molecular formula is C23H28FN3O3. The minimum atomic E-state index is -0.527. The van der Waals surface area contributed by atoms with Gasteiger partial charge in [-0.05, 0) is 61.8 Å². The highest BCUT2D eigenvalue weighted by Gasteiger charge is 2.29. The van der Waals surface area contributed by atoms with Gasteiger partial charge in [-0.15, -0.1) is 0 Å². The molecule has 30 heavy (non-hydrogen) atoms. The highest BCUT2D eigenvalue weighted by molar-refractivity contribution is 6.00. The second-order valence-electron chi connectivity index (χ2n) is 7.65. The molecule has 1 heterocycles. The number of hydrogen-bond donors (Lipinski definition) is 1. The van der Waals surface area contributed by atoms with E-state index in [2.05, 4.69) is 10.2 Å². The standard InChI is InChI=1S/C23H28FN3O3/c1-26(2)23(29)19-15-18(11-12-20(19)30-3)25-22(28)21(27-13-5-4-6-14-27)16-7-9-17(24)10-8-16/h7-12,15,21H,4-6,13-14H2,1-3H3,(H,25,28). The Kier molecular flexibility index (Phi) is 7.05. The molecule has 1 aliphatic heterocycles. The Labute approximate surface area is 176 Å². The zero-order valence-corrected chi connectivity index (χ0v) is 17.7. The number of carbonyl (C=O) groups excluding carboxylic acids is 2. The molecule has 1 N–H and O–H groups in total. The summed E-state index contributed by atoms with van der Waals surface area (Å²) in [7, 11) is 4.82. The van der Waals surface area contributed by atoms with Crippen LogP contribution in [0.3, 0.4) is 0 Å². The molecule has 2 aromatic carbocycles. The van der Waals surface area contributed by atoms with Crippen LogP contribution in [0, 0.1) is 5.82 Å². The Hall–Kier alpha value is -2.93. The first-order valence-electron chi connectivity index (χ1n) is 10.1. The van der Waals surface area contributed by atoms with E-state index >= 15 is 0 Å². The molecule has 3 rings (SSSR count). The van der Waals surface area contributed by atoms with Crippen molar-refractivity contribution in [1.29, 1.82) is 0 Å². The van der Waals surface area contributed by atoms with Gasteiger partial charge < -0.3 is 15.0 Å². The van der Waals surface area contributed by atoms with Crippen LogP contribution in [0.25, 0.3) is 0 Å². The molecule has 7 heteroatoms. The Bertz CT molecular complexity index is 893. The van der Waals surface area contributed by atoms with E-state index in [-0.39, 0.29) is 17.6 Å². The lowest BCUT2D eigenvalue weighted by atomic mass is 10.0. The molecule has 160 valence electrons. The number of likely N-dealkylation sites (tertiary alicyclic amines) is 1. The number of hydrogen-bond acceptors (Lipinski definition) is 4. The number of anilines is 1. The van der Waals surface area contributed by atoms with Crippen LogP contribution in [0.15, 0.2) is 42.5 Å². The predicted octanol–water partition coefficient (Wildman–Crippen LogP) is 3.70. The number of carbonyl (C=O) groups is 2. The maximum absolute atomic E-state index is 13.4. The number of nitrogens with one attached hydrogen (secondary N) is 1. The first-order valence-corrected chi connectivity index (χ1v) is 10.1. The third-order valence-corrected chi connectivity index (χ3v) is 5.29. The molecule has 0 spiro atoms. The van der Waals surface area contributed by atoms with E-state index in [4.69, 9.17) is 4.74 Å². The number of ether oxygens (including phenoxy) is 1. The summed E-state index contributed by atoms with van der Waals surface area (Å²) >= 11 is 0. The minimum absolute atomic E-state index is 0.211. The third-order valence-electron chi connectivity index (χ3n) is 5.29. The number of benzene rings is 2. The van der Waals surface area contributed by atoms with Gasteiger partial charge in [-0.25, -0.2) is 4.39 Å². The molecule has 1 fully saturated rings. The van der Waals surface area contributed by atoms with Crippen molar-refractivity contribution < 1.29 is 18.7 Å². The van der Waals surface area contributed by atoms with Crippen molar-refractivity contribution in [3.05, 3.63) is 59.4 Å². The van der Waals surface area contributed by atoms with Gasteiger partial charge in [0.05, 0.1) is 12.7 Å². The van der Waals surface area contributed by atoms with Crippen molar-refractivity contribution in [2.45, 2.75) is 25.3 Å². The summed E-state index contributed by atoms with van der Waals surface area (Å²) in [6.45, 7) is 1.62. The lowest BCUT2D eigenvalue weighted by molar-refractivity contribution is -0.122. The van der Waals surface area contributed by atoms with Gasteiger partial charge >= 0.3 is 0 Å². The minimum Gasteiger partial charge on any atom is -0.496 e. The van der Waals surface area contributed by atoms with Crippen molar-refractivity contribution in [2.75, 3.05) is 39.6 Å². The van der Waals surface area contributed by atoms with Gasteiger partial charge in [0.15, 0.2) is 0 Å². The number of methoxy groups -OCH3 is 1. The van der Waals surface area contributed by atoms with Crippen LogP contribution in [0.1, 0.15) is 41.2 Å². The highest BCUT2D eigenvalue weighted by atomic mass is 19.1. The molecule has 0 aromatic heterocycles. The van der Waals surface area contributed by atoms with Crippen molar-refractivity contribution in [2.24, 2.45) is 0 Å². The zero-order valence-electron chi connectivity index (χ0n) is 17.7. The SMILES string of the molecule is COc1ccc(NC(=O)C(c2ccc(F)cc2)N2CCCCC2)cc1C(=O)N(C)C. The zero-order chi connectivity index (χ0) is 21.7. The van der Waals surface area contributed by atoms with Crippen LogP contribution in [0.2, 0.25) is 0 Å². The van der Waals surface area contributed by atoms with Gasteiger partial charge in [0.25, 0.3) is 5.91 Å². The Morgan fingerprint density at radius 3 is 2.33 bits per heavy atom. The number of nitrogens with zero attached hydrogens (tertiary/aromatic N) is 2. The van der Waals surface area contributed by atoms with Crippen molar-refractivity contribution in [3.63, 3.8) is 0 Å². The molecular weight excluding hydrogens is 385 g/mol. The molecule has 0 aliphatic carbocycles. The Morgan fingerprint density at radius 1 is 1.07 bits per heavy atom. The topological polar surface area (TPSA) is 61.9 Å². The first kappa shape index (κ1) is 21.8. The molecule has 2 aromatic rings. The van der Waals surface area contributed by atoms with Crippen LogP contribution >= 0.6 is 0 Å². The third kappa shape index (κ3) is 4.97. The molecule has 2 amide bonds. The van der Waals surface area contributed by atoms with E-state index in [0.717, 1.165) is 37.9 Å². The van der Waals surface area contributed by atoms with Crippen molar-refractivity contribution in [1.82, 2.24) is 9.80 Å². The monoisotopic (exact) mass is 413 g/mol. The molecule has 0 bridgehead atoms. The van der Waals surface area contributed by atoms with Crippen LogP contribution in [0.4, 0.5) is 10.1 Å². The highest BCUT2D eigenvalue weighted by Crippen LogP contribution is 2.28. The van der Waals surface area contributed by atoms with Gasteiger partial charge in [-0.1, -0.05) is 18.6 Å². The number of halogens is 1. The maximum atomic E-state index is 13.4. The predicted molar refractivity (Wildman–Crippen MR) is 114 cm³/mol. The van der Waals surface area contributed by atoms with Crippen molar-refractivity contribution in [3.8, 4) is 5.75 Å². The number of piperidine rings is 1. The van der Waals surface area contributed by atoms with Crippen LogP contribution in [-0.4, -0.2) is 55.9 Å². The second-order valence-corrected chi connectivity index (χ2v) is 7.65. The van der Waals surface area contributed by atoms with E-state index in [1.165, 1.54) is 24.1 Å². The molecule has 6 nitrogen and oxygen atoms in total. The van der Waals surface area contributed by atoms with Crippen LogP contribution in [0.5, 0.6) is 5.75 Å². The largest absolute Gasteiger partial charge is 0.496 e. The lowest BCUT2D eigenvalue weighted by Crippen LogP contribution is -2.40. The smallest absolute Gasteiger partial charge is 0.257 e. The van der Waals surface area contributed by atoms with E-state index in [9.17, 15) is 14.0 Å². The average Bonchev–Trinajstić information content (AvgIpc) is 2.75. The van der Waals surface area contributed by atoms with E-state index in [1.807, 2.05) is 0 Å². The summed E-state index contributed by atoms with van der Waals surface area (Å²) in [6.07, 6.45) is 3.19. The fourth-order valence-electron chi connectivity index (χ4n) is 3.75. The van der Waals surface area contributed by atoms with Gasteiger partial charge in [-0.3, -0.25) is 14.5 Å². The molecule has 0 saturated carbocycles. The fraction of sp³-hybridized carbons (Fsp3) is 0.391. The van der Waals surface area contributed by atoms with Crippen molar-refractivity contribution >= 4 is 17.5 Å². The number of rotatable bonds is 6. The maximum Gasteiger partial charge on any atom is 0.257 e. The Balaban J connectivity index is 1.89. The fourth-order valence-corrected chi connectivity index (χ4v) is 3.75.